The number of benzene rings is 3. The van der Waals surface area contributed by atoms with Crippen molar-refractivity contribution in [2.45, 2.75) is 43.8 Å². The molecule has 3 aromatic carbocycles. The molecule has 3 atom stereocenters. The van der Waals surface area contributed by atoms with Gasteiger partial charge in [-0.3, -0.25) is 4.90 Å². The molecule has 0 aliphatic carbocycles. The van der Waals surface area contributed by atoms with Crippen LogP contribution in [0.1, 0.15) is 25.7 Å². The first-order valence-electron chi connectivity index (χ1n) is 14.3. The molecule has 4 aromatic rings. The van der Waals surface area contributed by atoms with Crippen LogP contribution in [-0.2, 0) is 0 Å². The monoisotopic (exact) mass is 591 g/mol. The molecule has 218 valence electrons. The second-order valence-corrected chi connectivity index (χ2v) is 12.0. The first-order valence-corrected chi connectivity index (χ1v) is 14.7. The minimum Gasteiger partial charge on any atom is -0.508 e. The number of amides is 1. The molecule has 3 fully saturated rings. The lowest BCUT2D eigenvalue weighted by Gasteiger charge is -2.40. The van der Waals surface area contributed by atoms with Crippen molar-refractivity contribution in [2.24, 2.45) is 0 Å². The number of rotatable bonds is 5. The van der Waals surface area contributed by atoms with E-state index in [0.717, 1.165) is 43.0 Å². The van der Waals surface area contributed by atoms with Gasteiger partial charge in [0.05, 0.1) is 17.1 Å². The van der Waals surface area contributed by atoms with Crippen LogP contribution in [0.15, 0.2) is 42.5 Å². The Balaban J connectivity index is 1.37. The average molecular weight is 592 g/mol. The number of ether oxygens (including phenoxy) is 1. The molecule has 3 aliphatic rings. The average Bonchev–Trinajstić information content (AvgIpc) is 3.50. The van der Waals surface area contributed by atoms with E-state index >= 15 is 4.39 Å². The van der Waals surface area contributed by atoms with Gasteiger partial charge in [-0.05, 0) is 73.8 Å². The van der Waals surface area contributed by atoms with Crippen molar-refractivity contribution in [2.75, 3.05) is 38.2 Å². The summed E-state index contributed by atoms with van der Waals surface area (Å²) in [5.74, 6) is -0.157. The third-order valence-electron chi connectivity index (χ3n) is 9.04. The van der Waals surface area contributed by atoms with Gasteiger partial charge >= 0.3 is 12.1 Å². The number of aromatic hydroxyl groups is 1. The summed E-state index contributed by atoms with van der Waals surface area (Å²) in [4.78, 5) is 27.0. The second-order valence-electron chi connectivity index (χ2n) is 11.6. The molecule has 7 rings (SSSR count). The minimum absolute atomic E-state index is 0.000812. The third kappa shape index (κ3) is 4.53. The van der Waals surface area contributed by atoms with Gasteiger partial charge in [0, 0.05) is 30.1 Å². The fraction of sp³-hybridized carbons (Fsp3) is 0.387. The van der Waals surface area contributed by atoms with Crippen LogP contribution >= 0.6 is 11.6 Å². The van der Waals surface area contributed by atoms with Gasteiger partial charge in [-0.15, -0.1) is 0 Å². The number of hydrogen-bond donors (Lipinski definition) is 2. The van der Waals surface area contributed by atoms with Gasteiger partial charge in [0.15, 0.2) is 5.82 Å². The molecular formula is C31H31ClFN5O4. The molecule has 0 saturated carbocycles. The number of halogens is 2. The molecule has 1 amide bonds. The Bertz CT molecular complexity index is 1710. The summed E-state index contributed by atoms with van der Waals surface area (Å²) in [5.41, 5.74) is 0.658. The highest BCUT2D eigenvalue weighted by Gasteiger charge is 2.43. The molecule has 42 heavy (non-hydrogen) atoms. The standard InChI is InChI=1S/C31H31ClFN5O4/c1-36-10-4-6-20(36)16-42-30-34-28-24(29(35-30)37-14-18-8-9-19(15-37)38(18)31(40)41)13-25(32)26(27(28)33)23-12-21(39)11-17-5-2-3-7-22(17)23/h2-3,5,7,11-13,18-20,39H,4,6,8-10,14-16H2,1H3,(H,40,41)/t18-,19+,20-/m0/s1. The van der Waals surface area contributed by atoms with Gasteiger partial charge in [-0.2, -0.15) is 9.97 Å². The summed E-state index contributed by atoms with van der Waals surface area (Å²) in [5, 5.41) is 22.3. The lowest BCUT2D eigenvalue weighted by atomic mass is 9.96. The molecule has 0 radical (unpaired) electrons. The number of carbonyl (C=O) groups is 1. The maximum atomic E-state index is 16.7. The van der Waals surface area contributed by atoms with Crippen LogP contribution in [0.3, 0.4) is 0 Å². The van der Waals surface area contributed by atoms with Crippen molar-refractivity contribution < 1.29 is 24.1 Å². The van der Waals surface area contributed by atoms with E-state index in [1.54, 1.807) is 12.1 Å². The van der Waals surface area contributed by atoms with Crippen molar-refractivity contribution in [1.82, 2.24) is 19.8 Å². The van der Waals surface area contributed by atoms with Crippen LogP contribution in [-0.4, -0.2) is 87.5 Å². The summed E-state index contributed by atoms with van der Waals surface area (Å²) >= 11 is 6.83. The predicted molar refractivity (Wildman–Crippen MR) is 159 cm³/mol. The normalized spacial score (nSPS) is 22.4. The molecule has 9 nitrogen and oxygen atoms in total. The lowest BCUT2D eigenvalue weighted by molar-refractivity contribution is 0.114. The van der Waals surface area contributed by atoms with Crippen LogP contribution in [0.25, 0.3) is 32.8 Å². The summed E-state index contributed by atoms with van der Waals surface area (Å²) in [7, 11) is 2.05. The zero-order valence-electron chi connectivity index (χ0n) is 23.1. The molecule has 2 N–H and O–H groups in total. The molecule has 11 heteroatoms. The van der Waals surface area contributed by atoms with Crippen LogP contribution < -0.4 is 9.64 Å². The minimum atomic E-state index is -0.920. The number of phenolic OH excluding ortho intramolecular Hbond substituents is 1. The fourth-order valence-corrected chi connectivity index (χ4v) is 7.26. The largest absolute Gasteiger partial charge is 0.508 e. The van der Waals surface area contributed by atoms with Crippen molar-refractivity contribution in [3.8, 4) is 22.9 Å². The van der Waals surface area contributed by atoms with Gasteiger partial charge in [0.1, 0.15) is 23.7 Å². The fourth-order valence-electron chi connectivity index (χ4n) is 6.96. The molecule has 0 unspecified atom stereocenters. The number of piperazine rings is 1. The van der Waals surface area contributed by atoms with Crippen molar-refractivity contribution in [3.63, 3.8) is 0 Å². The first kappa shape index (κ1) is 27.0. The number of aromatic nitrogens is 2. The highest BCUT2D eigenvalue weighted by Crippen LogP contribution is 2.43. The number of nitrogens with zero attached hydrogens (tertiary/aromatic N) is 5. The first-order chi connectivity index (χ1) is 20.3. The molecule has 0 spiro atoms. The second kappa shape index (κ2) is 10.4. The van der Waals surface area contributed by atoms with Crippen molar-refractivity contribution in [1.29, 1.82) is 0 Å². The molecular weight excluding hydrogens is 561 g/mol. The Morgan fingerprint density at radius 2 is 1.86 bits per heavy atom. The number of hydrogen-bond acceptors (Lipinski definition) is 7. The van der Waals surface area contributed by atoms with Crippen LogP contribution in [0, 0.1) is 5.82 Å². The number of phenols is 1. The zero-order valence-corrected chi connectivity index (χ0v) is 23.9. The van der Waals surface area contributed by atoms with Crippen LogP contribution in [0.4, 0.5) is 15.0 Å². The van der Waals surface area contributed by atoms with Crippen LogP contribution in [0.5, 0.6) is 11.8 Å². The van der Waals surface area contributed by atoms with Crippen LogP contribution in [0.2, 0.25) is 5.02 Å². The molecule has 4 heterocycles. The van der Waals surface area contributed by atoms with Crippen molar-refractivity contribution >= 4 is 45.2 Å². The summed E-state index contributed by atoms with van der Waals surface area (Å²) < 4.78 is 22.8. The number of likely N-dealkylation sites (N-methyl/N-ethyl adjacent to an activating group) is 1. The number of fused-ring (bicyclic) bond motifs is 4. The maximum Gasteiger partial charge on any atom is 0.407 e. The summed E-state index contributed by atoms with van der Waals surface area (Å²) in [6.07, 6.45) is 2.68. The van der Waals surface area contributed by atoms with Gasteiger partial charge in [-0.1, -0.05) is 35.9 Å². The highest BCUT2D eigenvalue weighted by atomic mass is 35.5. The van der Waals surface area contributed by atoms with Gasteiger partial charge in [0.25, 0.3) is 0 Å². The zero-order chi connectivity index (χ0) is 29.1. The Morgan fingerprint density at radius 1 is 1.10 bits per heavy atom. The third-order valence-corrected chi connectivity index (χ3v) is 9.34. The molecule has 3 saturated heterocycles. The lowest BCUT2D eigenvalue weighted by Crippen LogP contribution is -2.55. The summed E-state index contributed by atoms with van der Waals surface area (Å²) in [6.45, 7) is 2.22. The summed E-state index contributed by atoms with van der Waals surface area (Å²) in [6, 6.07) is 12.2. The van der Waals surface area contributed by atoms with Gasteiger partial charge in [-0.25, -0.2) is 9.18 Å². The molecule has 3 aliphatic heterocycles. The smallest absolute Gasteiger partial charge is 0.407 e. The van der Waals surface area contributed by atoms with Gasteiger partial charge in [0.2, 0.25) is 0 Å². The van der Waals surface area contributed by atoms with E-state index in [1.807, 2.05) is 29.2 Å². The van der Waals surface area contributed by atoms with E-state index in [-0.39, 0.29) is 46.0 Å². The Kier molecular flexibility index (Phi) is 6.70. The van der Waals surface area contributed by atoms with E-state index in [2.05, 4.69) is 16.9 Å². The Morgan fingerprint density at radius 3 is 2.57 bits per heavy atom. The van der Waals surface area contributed by atoms with E-state index < -0.39 is 11.9 Å². The predicted octanol–water partition coefficient (Wildman–Crippen LogP) is 5.75. The van der Waals surface area contributed by atoms with Gasteiger partial charge < -0.3 is 24.7 Å². The van der Waals surface area contributed by atoms with Crippen molar-refractivity contribution in [3.05, 3.63) is 53.3 Å². The number of anilines is 1. The Hall–Kier alpha value is -3.89. The quantitative estimate of drug-likeness (QED) is 0.302. The molecule has 1 aromatic heterocycles. The van der Waals surface area contributed by atoms with E-state index in [0.29, 0.717) is 36.5 Å². The van der Waals surface area contributed by atoms with E-state index in [4.69, 9.17) is 21.3 Å². The number of likely N-dealkylation sites (tertiary alicyclic amines) is 1. The number of carboxylic acid groups (broad SMARTS) is 1. The van der Waals surface area contributed by atoms with E-state index in [1.165, 1.54) is 11.0 Å². The topological polar surface area (TPSA) is 102 Å². The maximum absolute atomic E-state index is 16.7. The van der Waals surface area contributed by atoms with E-state index in [9.17, 15) is 15.0 Å². The molecule has 2 bridgehead atoms. The Labute approximate surface area is 247 Å². The highest BCUT2D eigenvalue weighted by molar-refractivity contribution is 6.35. The SMILES string of the molecule is CN1CCC[C@H]1COc1nc(N2C[C@H]3CC[C@@H](C2)N3C(=O)O)c2cc(Cl)c(-c3cc(O)cc4ccccc34)c(F)c2n1.